The summed E-state index contributed by atoms with van der Waals surface area (Å²) in [5, 5.41) is 13.3. The molecule has 11 heteroatoms. The average Bonchev–Trinajstić information content (AvgIpc) is 3.72. The maximum atomic E-state index is 13.9. The fraction of sp³-hybridized carbons (Fsp3) is 0.323. The van der Waals surface area contributed by atoms with E-state index in [1.165, 1.54) is 15.5 Å². The molecule has 214 valence electrons. The van der Waals surface area contributed by atoms with E-state index in [1.807, 2.05) is 44.2 Å². The molecule has 0 bridgehead atoms. The van der Waals surface area contributed by atoms with Crippen molar-refractivity contribution in [2.45, 2.75) is 57.3 Å². The first-order valence-electron chi connectivity index (χ1n) is 14.0. The van der Waals surface area contributed by atoms with Crippen LogP contribution in [0.15, 0.2) is 77.4 Å². The second-order valence-corrected chi connectivity index (χ2v) is 11.3. The van der Waals surface area contributed by atoms with Crippen molar-refractivity contribution in [2.24, 2.45) is 0 Å². The smallest absolute Gasteiger partial charge is 0.335 e. The normalized spacial score (nSPS) is 17.1. The highest BCUT2D eigenvalue weighted by Crippen LogP contribution is 2.28. The summed E-state index contributed by atoms with van der Waals surface area (Å²) in [5.74, 6) is 1.15. The Kier molecular flexibility index (Phi) is 7.00. The zero-order chi connectivity index (χ0) is 29.4. The van der Waals surface area contributed by atoms with Crippen LogP contribution in [0.3, 0.4) is 0 Å². The van der Waals surface area contributed by atoms with Gasteiger partial charge in [-0.2, -0.15) is 5.26 Å². The number of anilines is 1. The topological polar surface area (TPSA) is 144 Å². The van der Waals surface area contributed by atoms with Crippen LogP contribution < -0.4 is 21.5 Å². The number of amides is 1. The summed E-state index contributed by atoms with van der Waals surface area (Å²) in [6, 6.07) is 18.8. The number of para-hydroxylation sites is 1. The molecule has 1 saturated carbocycles. The first-order valence-corrected chi connectivity index (χ1v) is 14.0. The fourth-order valence-electron chi connectivity index (χ4n) is 5.36. The second kappa shape index (κ2) is 10.8. The van der Waals surface area contributed by atoms with Crippen molar-refractivity contribution >= 4 is 22.9 Å². The van der Waals surface area contributed by atoms with E-state index in [2.05, 4.69) is 21.4 Å². The predicted molar refractivity (Wildman–Crippen MR) is 158 cm³/mol. The molecule has 2 fully saturated rings. The maximum absolute atomic E-state index is 13.9. The highest BCUT2D eigenvalue weighted by atomic mass is 16.5. The van der Waals surface area contributed by atoms with Crippen LogP contribution in [0.25, 0.3) is 16.9 Å². The molecule has 6 rings (SSSR count). The maximum Gasteiger partial charge on any atom is 0.335 e. The molecule has 4 aromatic rings. The molecule has 2 aliphatic rings. The first kappa shape index (κ1) is 27.2. The van der Waals surface area contributed by atoms with E-state index in [4.69, 9.17) is 10.5 Å². The van der Waals surface area contributed by atoms with Crippen LogP contribution in [0.4, 0.5) is 5.82 Å². The molecule has 2 aromatic carbocycles. The number of likely N-dealkylation sites (tertiary alicyclic amines) is 1. The number of hydrogen-bond donors (Lipinski definition) is 2. The average molecular weight is 565 g/mol. The number of nitriles is 1. The molecule has 1 aliphatic carbocycles. The quantitative estimate of drug-likeness (QED) is 0.232. The number of nitrogens with zero attached hydrogens (tertiary/aromatic N) is 6. The standard InChI is InChI=1S/C31H32N8O3/c1-31(2,36-21-8-9-21)16-20(17-32)29(40)37-15-14-23(37)18-38-28-26(27(33)34-19-35-28)39(30(38)41)22-10-12-25(13-11-22)42-24-6-4-3-5-7-24/h3-7,10-13,16,19,21,23,36H,8-9,14-15,18H2,1-2H3,(H2,33,34,35)/t23-/m0/s1. The lowest BCUT2D eigenvalue weighted by Crippen LogP contribution is -2.54. The van der Waals surface area contributed by atoms with Crippen molar-refractivity contribution in [2.75, 3.05) is 12.3 Å². The monoisotopic (exact) mass is 564 g/mol. The van der Waals surface area contributed by atoms with Gasteiger partial charge in [-0.25, -0.2) is 14.8 Å². The molecule has 11 nitrogen and oxygen atoms in total. The summed E-state index contributed by atoms with van der Waals surface area (Å²) in [7, 11) is 0. The molecule has 0 unspecified atom stereocenters. The molecule has 1 atom stereocenters. The molecular formula is C31H32N8O3. The van der Waals surface area contributed by atoms with Gasteiger partial charge in [0.1, 0.15) is 35.0 Å². The largest absolute Gasteiger partial charge is 0.457 e. The lowest BCUT2D eigenvalue weighted by molar-refractivity contribution is -0.134. The van der Waals surface area contributed by atoms with Crippen LogP contribution in [-0.4, -0.2) is 54.1 Å². The molecule has 1 amide bonds. The number of fused-ring (bicyclic) bond motifs is 1. The molecule has 2 aromatic heterocycles. The number of aromatic nitrogens is 4. The fourth-order valence-corrected chi connectivity index (χ4v) is 5.36. The van der Waals surface area contributed by atoms with E-state index in [0.717, 1.165) is 12.8 Å². The van der Waals surface area contributed by atoms with Crippen molar-refractivity contribution < 1.29 is 9.53 Å². The summed E-state index contributed by atoms with van der Waals surface area (Å²) in [4.78, 5) is 37.4. The highest BCUT2D eigenvalue weighted by molar-refractivity contribution is 5.98. The minimum absolute atomic E-state index is 0.0944. The molecule has 0 spiro atoms. The summed E-state index contributed by atoms with van der Waals surface area (Å²) in [6.45, 7) is 4.64. The van der Waals surface area contributed by atoms with Crippen LogP contribution >= 0.6 is 0 Å². The third-order valence-electron chi connectivity index (χ3n) is 7.61. The van der Waals surface area contributed by atoms with Gasteiger partial charge in [-0.1, -0.05) is 18.2 Å². The molecule has 3 heterocycles. The minimum Gasteiger partial charge on any atom is -0.457 e. The SMILES string of the molecule is CC(C)(C=C(C#N)C(=O)N1CC[C@H]1Cn1c(=O)n(-c2ccc(Oc3ccccc3)cc2)c2c(N)ncnc21)NC1CC1. The summed E-state index contributed by atoms with van der Waals surface area (Å²) >= 11 is 0. The highest BCUT2D eigenvalue weighted by Gasteiger charge is 2.37. The van der Waals surface area contributed by atoms with Crippen molar-refractivity contribution in [3.05, 3.63) is 83.1 Å². The number of nitrogens with one attached hydrogen (secondary N) is 1. The summed E-state index contributed by atoms with van der Waals surface area (Å²) in [6.07, 6.45) is 5.93. The van der Waals surface area contributed by atoms with Crippen molar-refractivity contribution in [1.29, 1.82) is 5.26 Å². The van der Waals surface area contributed by atoms with Gasteiger partial charge in [-0.05, 0) is 75.6 Å². The Labute approximate surface area is 242 Å². The van der Waals surface area contributed by atoms with Gasteiger partial charge in [-0.3, -0.25) is 13.9 Å². The van der Waals surface area contributed by atoms with Gasteiger partial charge in [0.15, 0.2) is 11.5 Å². The van der Waals surface area contributed by atoms with E-state index < -0.39 is 5.54 Å². The number of ether oxygens (including phenoxy) is 1. The van der Waals surface area contributed by atoms with E-state index in [0.29, 0.717) is 47.4 Å². The van der Waals surface area contributed by atoms with Crippen LogP contribution in [0.2, 0.25) is 0 Å². The van der Waals surface area contributed by atoms with Crippen LogP contribution in [0, 0.1) is 11.3 Å². The minimum atomic E-state index is -0.483. The van der Waals surface area contributed by atoms with Gasteiger partial charge in [0.05, 0.1) is 11.7 Å². The third-order valence-corrected chi connectivity index (χ3v) is 7.61. The predicted octanol–water partition coefficient (Wildman–Crippen LogP) is 3.54. The Bertz CT molecular complexity index is 1760. The Hall–Kier alpha value is -4.95. The number of hydrogen-bond acceptors (Lipinski definition) is 8. The number of nitrogen functional groups attached to an aromatic ring is 1. The third kappa shape index (κ3) is 5.36. The second-order valence-electron chi connectivity index (χ2n) is 11.3. The lowest BCUT2D eigenvalue weighted by Gasteiger charge is -2.41. The Morgan fingerprint density at radius 1 is 1.12 bits per heavy atom. The van der Waals surface area contributed by atoms with E-state index in [-0.39, 0.29) is 35.6 Å². The molecule has 3 N–H and O–H groups in total. The Morgan fingerprint density at radius 3 is 2.48 bits per heavy atom. The number of nitrogens with two attached hydrogens (primary N) is 1. The zero-order valence-electron chi connectivity index (χ0n) is 23.5. The summed E-state index contributed by atoms with van der Waals surface area (Å²) in [5.41, 5.74) is 6.86. The van der Waals surface area contributed by atoms with Gasteiger partial charge in [0.2, 0.25) is 0 Å². The molecular weight excluding hydrogens is 532 g/mol. The van der Waals surface area contributed by atoms with E-state index >= 15 is 0 Å². The van der Waals surface area contributed by atoms with Gasteiger partial charge < -0.3 is 20.7 Å². The number of carbonyl (C=O) groups is 1. The van der Waals surface area contributed by atoms with Crippen molar-refractivity contribution in [3.8, 4) is 23.3 Å². The molecule has 1 saturated heterocycles. The molecule has 1 aliphatic heterocycles. The van der Waals surface area contributed by atoms with Crippen LogP contribution in [0.5, 0.6) is 11.5 Å². The van der Waals surface area contributed by atoms with Gasteiger partial charge in [0, 0.05) is 24.7 Å². The van der Waals surface area contributed by atoms with Crippen molar-refractivity contribution in [1.82, 2.24) is 29.3 Å². The van der Waals surface area contributed by atoms with Crippen LogP contribution in [-0.2, 0) is 11.3 Å². The number of benzene rings is 2. The zero-order valence-corrected chi connectivity index (χ0v) is 23.5. The Morgan fingerprint density at radius 2 is 1.83 bits per heavy atom. The Balaban J connectivity index is 1.27. The number of carbonyl (C=O) groups excluding carboxylic acids is 1. The lowest BCUT2D eigenvalue weighted by atomic mass is 9.97. The van der Waals surface area contributed by atoms with Crippen molar-refractivity contribution in [3.63, 3.8) is 0 Å². The number of rotatable bonds is 9. The summed E-state index contributed by atoms with van der Waals surface area (Å²) < 4.78 is 8.90. The first-order chi connectivity index (χ1) is 20.2. The van der Waals surface area contributed by atoms with E-state index in [1.54, 1.807) is 35.2 Å². The van der Waals surface area contributed by atoms with Gasteiger partial charge in [-0.15, -0.1) is 0 Å². The number of imidazole rings is 1. The molecule has 42 heavy (non-hydrogen) atoms. The van der Waals surface area contributed by atoms with Gasteiger partial charge in [0.25, 0.3) is 5.91 Å². The van der Waals surface area contributed by atoms with Crippen LogP contribution in [0.1, 0.15) is 33.1 Å². The van der Waals surface area contributed by atoms with E-state index in [9.17, 15) is 14.9 Å². The van der Waals surface area contributed by atoms with Gasteiger partial charge >= 0.3 is 5.69 Å². The molecule has 0 radical (unpaired) electrons.